The molecule has 0 bridgehead atoms. The standard InChI is InChI=1S/C15H19N3O2S/c1-18(2)15-9-8-14(10-16-15)11-17-21(19,20)12-13-6-4-3-5-7-13/h3-10,17H,11-12H2,1-2H3. The summed E-state index contributed by atoms with van der Waals surface area (Å²) in [6.07, 6.45) is 1.68. The van der Waals surface area contributed by atoms with Crippen molar-refractivity contribution in [2.45, 2.75) is 12.3 Å². The van der Waals surface area contributed by atoms with E-state index >= 15 is 0 Å². The highest BCUT2D eigenvalue weighted by Crippen LogP contribution is 2.09. The highest BCUT2D eigenvalue weighted by atomic mass is 32.2. The van der Waals surface area contributed by atoms with Crippen LogP contribution in [0, 0.1) is 0 Å². The molecule has 0 aliphatic rings. The second kappa shape index (κ2) is 6.69. The average molecular weight is 305 g/mol. The maximum Gasteiger partial charge on any atom is 0.216 e. The number of pyridine rings is 1. The minimum absolute atomic E-state index is 0.0168. The van der Waals surface area contributed by atoms with Gasteiger partial charge in [0.05, 0.1) is 5.75 Å². The molecule has 1 N–H and O–H groups in total. The molecule has 0 spiro atoms. The Hall–Kier alpha value is -1.92. The van der Waals surface area contributed by atoms with Gasteiger partial charge in [-0.2, -0.15) is 0 Å². The summed E-state index contributed by atoms with van der Waals surface area (Å²) in [5, 5.41) is 0. The molecule has 5 nitrogen and oxygen atoms in total. The maximum absolute atomic E-state index is 12.0. The number of rotatable bonds is 6. The van der Waals surface area contributed by atoms with Gasteiger partial charge in [-0.3, -0.25) is 0 Å². The van der Waals surface area contributed by atoms with Gasteiger partial charge in [0.1, 0.15) is 5.82 Å². The zero-order valence-corrected chi connectivity index (χ0v) is 13.0. The summed E-state index contributed by atoms with van der Waals surface area (Å²) >= 11 is 0. The van der Waals surface area contributed by atoms with Crippen LogP contribution in [-0.4, -0.2) is 27.5 Å². The van der Waals surface area contributed by atoms with E-state index < -0.39 is 10.0 Å². The molecule has 1 aromatic carbocycles. The second-order valence-corrected chi connectivity index (χ2v) is 6.79. The number of benzene rings is 1. The fourth-order valence-electron chi connectivity index (χ4n) is 1.82. The molecule has 2 rings (SSSR count). The third kappa shape index (κ3) is 4.84. The molecule has 0 amide bonds. The predicted molar refractivity (Wildman–Crippen MR) is 84.5 cm³/mol. The van der Waals surface area contributed by atoms with Crippen LogP contribution in [0.5, 0.6) is 0 Å². The molecular formula is C15H19N3O2S. The molecule has 1 aromatic heterocycles. The largest absolute Gasteiger partial charge is 0.363 e. The van der Waals surface area contributed by atoms with Gasteiger partial charge in [0.2, 0.25) is 10.0 Å². The number of hydrogen-bond donors (Lipinski definition) is 1. The van der Waals surface area contributed by atoms with Gasteiger partial charge in [-0.05, 0) is 17.2 Å². The van der Waals surface area contributed by atoms with Gasteiger partial charge in [-0.15, -0.1) is 0 Å². The van der Waals surface area contributed by atoms with Crippen LogP contribution in [0.3, 0.4) is 0 Å². The summed E-state index contributed by atoms with van der Waals surface area (Å²) in [6, 6.07) is 12.8. The number of aromatic nitrogens is 1. The Morgan fingerprint density at radius 2 is 1.76 bits per heavy atom. The molecule has 0 fully saturated rings. The van der Waals surface area contributed by atoms with Crippen molar-refractivity contribution in [1.29, 1.82) is 0 Å². The molecular weight excluding hydrogens is 286 g/mol. The minimum Gasteiger partial charge on any atom is -0.363 e. The van der Waals surface area contributed by atoms with Gasteiger partial charge < -0.3 is 4.90 Å². The Balaban J connectivity index is 1.95. The predicted octanol–water partition coefficient (Wildman–Crippen LogP) is 1.77. The van der Waals surface area contributed by atoms with E-state index in [1.807, 2.05) is 49.3 Å². The molecule has 0 aliphatic carbocycles. The van der Waals surface area contributed by atoms with Gasteiger partial charge in [0.15, 0.2) is 0 Å². The number of sulfonamides is 1. The maximum atomic E-state index is 12.0. The normalized spacial score (nSPS) is 11.3. The third-order valence-corrected chi connectivity index (χ3v) is 4.26. The fourth-order valence-corrected chi connectivity index (χ4v) is 2.94. The summed E-state index contributed by atoms with van der Waals surface area (Å²) in [7, 11) is 0.467. The molecule has 0 aliphatic heterocycles. The molecule has 0 unspecified atom stereocenters. The van der Waals surface area contributed by atoms with Crippen LogP contribution in [0.4, 0.5) is 5.82 Å². The van der Waals surface area contributed by atoms with Gasteiger partial charge in [-0.25, -0.2) is 18.1 Å². The lowest BCUT2D eigenvalue weighted by Crippen LogP contribution is -2.24. The molecule has 0 saturated carbocycles. The molecule has 0 atom stereocenters. The summed E-state index contributed by atoms with van der Waals surface area (Å²) < 4.78 is 26.6. The fraction of sp³-hybridized carbons (Fsp3) is 0.267. The van der Waals surface area contributed by atoms with Crippen molar-refractivity contribution in [3.05, 3.63) is 59.8 Å². The van der Waals surface area contributed by atoms with Crippen molar-refractivity contribution >= 4 is 15.8 Å². The van der Waals surface area contributed by atoms with Crippen LogP contribution >= 0.6 is 0 Å². The zero-order chi connectivity index (χ0) is 15.3. The van der Waals surface area contributed by atoms with Gasteiger partial charge in [-0.1, -0.05) is 36.4 Å². The van der Waals surface area contributed by atoms with Crippen molar-refractivity contribution in [2.24, 2.45) is 0 Å². The van der Waals surface area contributed by atoms with Crippen molar-refractivity contribution in [2.75, 3.05) is 19.0 Å². The van der Waals surface area contributed by atoms with Crippen LogP contribution in [-0.2, 0) is 22.3 Å². The Bertz CT molecular complexity index is 668. The summed E-state index contributed by atoms with van der Waals surface area (Å²) in [6.45, 7) is 0.246. The number of nitrogens with one attached hydrogen (secondary N) is 1. The first kappa shape index (κ1) is 15.5. The topological polar surface area (TPSA) is 62.3 Å². The van der Waals surface area contributed by atoms with Gasteiger partial charge in [0.25, 0.3) is 0 Å². The van der Waals surface area contributed by atoms with E-state index in [4.69, 9.17) is 0 Å². The van der Waals surface area contributed by atoms with Crippen LogP contribution in [0.15, 0.2) is 48.7 Å². The lowest BCUT2D eigenvalue weighted by molar-refractivity contribution is 0.580. The molecule has 112 valence electrons. The average Bonchev–Trinajstić information content (AvgIpc) is 2.46. The van der Waals surface area contributed by atoms with Crippen LogP contribution in [0.2, 0.25) is 0 Å². The highest BCUT2D eigenvalue weighted by molar-refractivity contribution is 7.88. The van der Waals surface area contributed by atoms with Gasteiger partial charge in [0, 0.05) is 26.8 Å². The van der Waals surface area contributed by atoms with E-state index in [0.29, 0.717) is 0 Å². The Morgan fingerprint density at radius 1 is 1.05 bits per heavy atom. The Labute approximate surface area is 125 Å². The molecule has 21 heavy (non-hydrogen) atoms. The first-order valence-corrected chi connectivity index (χ1v) is 8.25. The van der Waals surface area contributed by atoms with Crippen molar-refractivity contribution in [3.63, 3.8) is 0 Å². The molecule has 1 heterocycles. The first-order chi connectivity index (χ1) is 9.96. The van der Waals surface area contributed by atoms with E-state index in [1.54, 1.807) is 18.3 Å². The molecule has 6 heteroatoms. The van der Waals surface area contributed by atoms with E-state index in [1.165, 1.54) is 0 Å². The summed E-state index contributed by atoms with van der Waals surface area (Å²) in [4.78, 5) is 6.15. The van der Waals surface area contributed by atoms with E-state index in [0.717, 1.165) is 16.9 Å². The Morgan fingerprint density at radius 3 is 2.33 bits per heavy atom. The zero-order valence-electron chi connectivity index (χ0n) is 12.2. The van der Waals surface area contributed by atoms with Crippen LogP contribution in [0.1, 0.15) is 11.1 Å². The smallest absolute Gasteiger partial charge is 0.216 e. The van der Waals surface area contributed by atoms with E-state index in [2.05, 4.69) is 9.71 Å². The third-order valence-electron chi connectivity index (χ3n) is 2.96. The highest BCUT2D eigenvalue weighted by Gasteiger charge is 2.11. The number of anilines is 1. The monoisotopic (exact) mass is 305 g/mol. The number of nitrogens with zero attached hydrogens (tertiary/aromatic N) is 2. The van der Waals surface area contributed by atoms with Gasteiger partial charge >= 0.3 is 0 Å². The first-order valence-electron chi connectivity index (χ1n) is 6.60. The lowest BCUT2D eigenvalue weighted by Gasteiger charge is -2.11. The SMILES string of the molecule is CN(C)c1ccc(CNS(=O)(=O)Cc2ccccc2)cn1. The quantitative estimate of drug-likeness (QED) is 0.883. The van der Waals surface area contributed by atoms with Crippen LogP contribution in [0.25, 0.3) is 0 Å². The van der Waals surface area contributed by atoms with E-state index in [9.17, 15) is 8.42 Å². The summed E-state index contributed by atoms with van der Waals surface area (Å²) in [5.41, 5.74) is 1.60. The molecule has 2 aromatic rings. The number of hydrogen-bond acceptors (Lipinski definition) is 4. The van der Waals surface area contributed by atoms with Crippen molar-refractivity contribution in [3.8, 4) is 0 Å². The molecule has 0 radical (unpaired) electrons. The second-order valence-electron chi connectivity index (χ2n) is 4.98. The Kier molecular flexibility index (Phi) is 4.93. The summed E-state index contributed by atoms with van der Waals surface area (Å²) in [5.74, 6) is 0.822. The molecule has 0 saturated heterocycles. The lowest BCUT2D eigenvalue weighted by atomic mass is 10.2. The van der Waals surface area contributed by atoms with E-state index in [-0.39, 0.29) is 12.3 Å². The minimum atomic E-state index is -3.35. The van der Waals surface area contributed by atoms with Crippen LogP contribution < -0.4 is 9.62 Å². The van der Waals surface area contributed by atoms with Crippen molar-refractivity contribution in [1.82, 2.24) is 9.71 Å². The van der Waals surface area contributed by atoms with Crippen molar-refractivity contribution < 1.29 is 8.42 Å².